The van der Waals surface area contributed by atoms with Gasteiger partial charge in [0.2, 0.25) is 0 Å². The fraction of sp³-hybridized carbons (Fsp3) is 0.300. The first-order valence-electron chi connectivity index (χ1n) is 4.16. The summed E-state index contributed by atoms with van der Waals surface area (Å²) in [6, 6.07) is 5.00. The Hall–Kier alpha value is -0.670. The zero-order valence-corrected chi connectivity index (χ0v) is 9.44. The van der Waals surface area contributed by atoms with Gasteiger partial charge in [0.1, 0.15) is 5.75 Å². The molecule has 0 aliphatic heterocycles. The summed E-state index contributed by atoms with van der Waals surface area (Å²) in [6.45, 7) is 0. The third kappa shape index (κ3) is 2.66. The summed E-state index contributed by atoms with van der Waals surface area (Å²) in [7, 11) is 1.53. The Morgan fingerprint density at radius 1 is 1.57 bits per heavy atom. The zero-order valence-electron chi connectivity index (χ0n) is 7.79. The molecule has 0 unspecified atom stereocenters. The average molecular weight is 231 g/mol. The molecule has 0 aromatic heterocycles. The zero-order chi connectivity index (χ0) is 10.6. The molecule has 0 atom stereocenters. The number of hydrogen-bond donors (Lipinski definition) is 1. The van der Waals surface area contributed by atoms with E-state index in [1.165, 1.54) is 7.11 Å². The predicted molar refractivity (Wildman–Crippen MR) is 60.8 cm³/mol. The first kappa shape index (κ1) is 11.4. The number of rotatable bonds is 4. The number of carbonyl (C=O) groups is 1. The van der Waals surface area contributed by atoms with Crippen LogP contribution in [0, 0.1) is 0 Å². The van der Waals surface area contributed by atoms with Gasteiger partial charge in [-0.15, -0.1) is 0 Å². The highest BCUT2D eigenvalue weighted by Crippen LogP contribution is 2.23. The number of Topliss-reactive ketones (excluding diaryl/α,β-unsaturated/α-hetero) is 1. The Balaban J connectivity index is 3.03. The molecular formula is C10H11ClO2S. The second-order valence-corrected chi connectivity index (χ2v) is 3.63. The summed E-state index contributed by atoms with van der Waals surface area (Å²) in [4.78, 5) is 11.6. The topological polar surface area (TPSA) is 26.3 Å². The van der Waals surface area contributed by atoms with Crippen molar-refractivity contribution >= 4 is 30.0 Å². The molecule has 0 fully saturated rings. The summed E-state index contributed by atoms with van der Waals surface area (Å²) in [6.07, 6.45) is 0.389. The summed E-state index contributed by atoms with van der Waals surface area (Å²) in [5.74, 6) is 1.08. The molecule has 0 radical (unpaired) electrons. The van der Waals surface area contributed by atoms with E-state index in [-0.39, 0.29) is 5.78 Å². The molecule has 14 heavy (non-hydrogen) atoms. The van der Waals surface area contributed by atoms with Crippen molar-refractivity contribution in [2.24, 2.45) is 0 Å². The van der Waals surface area contributed by atoms with E-state index in [1.54, 1.807) is 18.2 Å². The molecule has 0 aliphatic carbocycles. The van der Waals surface area contributed by atoms with Gasteiger partial charge in [-0.2, -0.15) is 12.6 Å². The Kier molecular flexibility index (Phi) is 4.29. The van der Waals surface area contributed by atoms with Gasteiger partial charge in [-0.3, -0.25) is 4.79 Å². The highest BCUT2D eigenvalue weighted by molar-refractivity contribution is 7.80. The van der Waals surface area contributed by atoms with Crippen LogP contribution in [0.1, 0.15) is 16.8 Å². The third-order valence-electron chi connectivity index (χ3n) is 1.80. The number of ether oxygens (including phenoxy) is 1. The Bertz CT molecular complexity index is 339. The van der Waals surface area contributed by atoms with E-state index < -0.39 is 0 Å². The Morgan fingerprint density at radius 2 is 2.29 bits per heavy atom. The number of methoxy groups -OCH3 is 1. The summed E-state index contributed by atoms with van der Waals surface area (Å²) in [5.41, 5.74) is 0.522. The lowest BCUT2D eigenvalue weighted by molar-refractivity contribution is 0.0986. The van der Waals surface area contributed by atoms with Crippen LogP contribution in [0.2, 0.25) is 5.02 Å². The van der Waals surface area contributed by atoms with Gasteiger partial charge in [-0.25, -0.2) is 0 Å². The van der Waals surface area contributed by atoms with Crippen LogP contribution in [-0.2, 0) is 0 Å². The normalized spacial score (nSPS) is 9.93. The number of ketones is 1. The number of benzene rings is 1. The molecule has 76 valence electrons. The quantitative estimate of drug-likeness (QED) is 0.636. The van der Waals surface area contributed by atoms with Crippen LogP contribution in [0.25, 0.3) is 0 Å². The number of carbonyl (C=O) groups excluding carboxylic acids is 1. The van der Waals surface area contributed by atoms with E-state index >= 15 is 0 Å². The molecule has 0 bridgehead atoms. The molecule has 0 saturated heterocycles. The van der Waals surface area contributed by atoms with Crippen LogP contribution in [0.15, 0.2) is 18.2 Å². The summed E-state index contributed by atoms with van der Waals surface area (Å²) >= 11 is 9.80. The van der Waals surface area contributed by atoms with Gasteiger partial charge in [0, 0.05) is 11.4 Å². The molecule has 1 rings (SSSR count). The second-order valence-electron chi connectivity index (χ2n) is 2.74. The van der Waals surface area contributed by atoms with E-state index in [1.807, 2.05) is 0 Å². The lowest BCUT2D eigenvalue weighted by Crippen LogP contribution is -2.02. The van der Waals surface area contributed by atoms with Crippen LogP contribution in [0.3, 0.4) is 0 Å². The average Bonchev–Trinajstić information content (AvgIpc) is 2.18. The lowest BCUT2D eigenvalue weighted by Gasteiger charge is -2.06. The van der Waals surface area contributed by atoms with Crippen molar-refractivity contribution in [1.82, 2.24) is 0 Å². The second kappa shape index (κ2) is 5.27. The smallest absolute Gasteiger partial charge is 0.167 e. The minimum absolute atomic E-state index is 0.000602. The van der Waals surface area contributed by atoms with Crippen molar-refractivity contribution in [2.45, 2.75) is 6.42 Å². The first-order valence-corrected chi connectivity index (χ1v) is 5.17. The van der Waals surface area contributed by atoms with Crippen LogP contribution in [-0.4, -0.2) is 18.6 Å². The third-order valence-corrected chi connectivity index (χ3v) is 2.26. The number of thiol groups is 1. The Labute approximate surface area is 93.6 Å². The van der Waals surface area contributed by atoms with Gasteiger partial charge in [0.15, 0.2) is 5.78 Å². The van der Waals surface area contributed by atoms with Crippen molar-refractivity contribution in [1.29, 1.82) is 0 Å². The van der Waals surface area contributed by atoms with Gasteiger partial charge in [-0.1, -0.05) is 11.6 Å². The van der Waals surface area contributed by atoms with Gasteiger partial charge < -0.3 is 4.74 Å². The summed E-state index contributed by atoms with van der Waals surface area (Å²) in [5, 5.41) is 0.535. The molecule has 4 heteroatoms. The lowest BCUT2D eigenvalue weighted by atomic mass is 10.1. The molecule has 1 aromatic rings. The predicted octanol–water partition coefficient (Wildman–Crippen LogP) is 2.85. The highest BCUT2D eigenvalue weighted by Gasteiger charge is 2.11. The molecule has 0 amide bonds. The molecule has 1 aromatic carbocycles. The first-order chi connectivity index (χ1) is 6.69. The van der Waals surface area contributed by atoms with Gasteiger partial charge in [-0.05, 0) is 24.0 Å². The standard InChI is InChI=1S/C10H11ClO2S/c1-13-10-3-2-7(11)6-8(10)9(12)4-5-14/h2-3,6,14H,4-5H2,1H3. The molecule has 0 N–H and O–H groups in total. The van der Waals surface area contributed by atoms with E-state index in [0.29, 0.717) is 28.5 Å². The van der Waals surface area contributed by atoms with Crippen molar-refractivity contribution < 1.29 is 9.53 Å². The molecule has 0 saturated carbocycles. The van der Waals surface area contributed by atoms with Crippen molar-refractivity contribution in [3.63, 3.8) is 0 Å². The maximum absolute atomic E-state index is 11.6. The molecule has 0 aliphatic rings. The van der Waals surface area contributed by atoms with Crippen molar-refractivity contribution in [3.05, 3.63) is 28.8 Å². The molecule has 0 heterocycles. The van der Waals surface area contributed by atoms with Crippen LogP contribution in [0.4, 0.5) is 0 Å². The fourth-order valence-corrected chi connectivity index (χ4v) is 1.51. The van der Waals surface area contributed by atoms with E-state index in [4.69, 9.17) is 16.3 Å². The minimum atomic E-state index is -0.000602. The largest absolute Gasteiger partial charge is 0.496 e. The van der Waals surface area contributed by atoms with E-state index in [0.717, 1.165) is 0 Å². The highest BCUT2D eigenvalue weighted by atomic mass is 35.5. The molecule has 0 spiro atoms. The maximum Gasteiger partial charge on any atom is 0.167 e. The van der Waals surface area contributed by atoms with Gasteiger partial charge in [0.25, 0.3) is 0 Å². The van der Waals surface area contributed by atoms with Crippen molar-refractivity contribution in [3.8, 4) is 5.75 Å². The molecular weight excluding hydrogens is 220 g/mol. The number of hydrogen-bond acceptors (Lipinski definition) is 3. The number of halogens is 1. The summed E-state index contributed by atoms with van der Waals surface area (Å²) < 4.78 is 5.06. The van der Waals surface area contributed by atoms with Gasteiger partial charge >= 0.3 is 0 Å². The monoisotopic (exact) mass is 230 g/mol. The fourth-order valence-electron chi connectivity index (χ4n) is 1.13. The van der Waals surface area contributed by atoms with Crippen LogP contribution < -0.4 is 4.74 Å². The van der Waals surface area contributed by atoms with Crippen LogP contribution in [0.5, 0.6) is 5.75 Å². The Morgan fingerprint density at radius 3 is 2.86 bits per heavy atom. The SMILES string of the molecule is COc1ccc(Cl)cc1C(=O)CCS. The minimum Gasteiger partial charge on any atom is -0.496 e. The van der Waals surface area contributed by atoms with Crippen LogP contribution >= 0.6 is 24.2 Å². The van der Waals surface area contributed by atoms with E-state index in [9.17, 15) is 4.79 Å². The van der Waals surface area contributed by atoms with E-state index in [2.05, 4.69) is 12.6 Å². The van der Waals surface area contributed by atoms with Crippen molar-refractivity contribution in [2.75, 3.05) is 12.9 Å². The molecule has 2 nitrogen and oxygen atoms in total. The van der Waals surface area contributed by atoms with Gasteiger partial charge in [0.05, 0.1) is 12.7 Å². The maximum atomic E-state index is 11.6.